The predicted molar refractivity (Wildman–Crippen MR) is 100 cm³/mol. The second-order valence-electron chi connectivity index (χ2n) is 6.85. The van der Waals surface area contributed by atoms with Gasteiger partial charge in [-0.1, -0.05) is 18.6 Å². The number of nitrogens with two attached hydrogens (primary N) is 1. The monoisotopic (exact) mass is 348 g/mol. The number of hydrogen-bond acceptors (Lipinski definition) is 4. The van der Waals surface area contributed by atoms with E-state index in [9.17, 15) is 4.79 Å². The lowest BCUT2D eigenvalue weighted by Crippen LogP contribution is -2.29. The molecule has 1 amide bonds. The van der Waals surface area contributed by atoms with Gasteiger partial charge in [-0.25, -0.2) is 0 Å². The van der Waals surface area contributed by atoms with E-state index in [4.69, 9.17) is 10.5 Å². The number of thioether (sulfide) groups is 1. The van der Waals surface area contributed by atoms with Crippen molar-refractivity contribution in [3.63, 3.8) is 0 Å². The molecule has 0 aromatic heterocycles. The van der Waals surface area contributed by atoms with Crippen molar-refractivity contribution >= 4 is 23.4 Å². The zero-order valence-electron chi connectivity index (χ0n) is 14.2. The van der Waals surface area contributed by atoms with Gasteiger partial charge < -0.3 is 15.8 Å². The molecule has 1 aromatic rings. The van der Waals surface area contributed by atoms with Gasteiger partial charge in [0.1, 0.15) is 0 Å². The molecule has 1 saturated heterocycles. The molecule has 0 spiro atoms. The number of carbonyl (C=O) groups excluding carboxylic acids is 1. The summed E-state index contributed by atoms with van der Waals surface area (Å²) in [7, 11) is 0. The maximum absolute atomic E-state index is 12.5. The van der Waals surface area contributed by atoms with Crippen molar-refractivity contribution in [1.29, 1.82) is 0 Å². The smallest absolute Gasteiger partial charge is 0.227 e. The summed E-state index contributed by atoms with van der Waals surface area (Å²) in [6, 6.07) is 8.26. The van der Waals surface area contributed by atoms with Crippen molar-refractivity contribution in [2.75, 3.05) is 25.1 Å². The number of benzene rings is 1. The fraction of sp³-hybridized carbons (Fsp3) is 0.632. The van der Waals surface area contributed by atoms with Crippen LogP contribution in [-0.4, -0.2) is 30.9 Å². The average Bonchev–Trinajstić information content (AvgIpc) is 3.10. The molecule has 1 saturated carbocycles. The lowest BCUT2D eigenvalue weighted by molar-refractivity contribution is -0.120. The van der Waals surface area contributed by atoms with Crippen LogP contribution < -0.4 is 11.1 Å². The van der Waals surface area contributed by atoms with Crippen LogP contribution >= 0.6 is 11.8 Å². The predicted octanol–water partition coefficient (Wildman–Crippen LogP) is 3.41. The largest absolute Gasteiger partial charge is 0.381 e. The third-order valence-corrected chi connectivity index (χ3v) is 6.59. The first kappa shape index (κ1) is 17.8. The van der Waals surface area contributed by atoms with E-state index in [0.29, 0.717) is 17.7 Å². The maximum Gasteiger partial charge on any atom is 0.227 e. The normalized spacial score (nSPS) is 24.9. The summed E-state index contributed by atoms with van der Waals surface area (Å²) in [6.45, 7) is 2.38. The Kier molecular flexibility index (Phi) is 6.58. The first-order valence-corrected chi connectivity index (χ1v) is 10.1. The van der Waals surface area contributed by atoms with Gasteiger partial charge in [0, 0.05) is 35.8 Å². The molecule has 2 fully saturated rings. The number of amides is 1. The zero-order valence-corrected chi connectivity index (χ0v) is 15.0. The Morgan fingerprint density at radius 3 is 2.88 bits per heavy atom. The Balaban J connectivity index is 1.53. The number of hydrogen-bond donors (Lipinski definition) is 2. The van der Waals surface area contributed by atoms with Gasteiger partial charge in [0.25, 0.3) is 0 Å². The van der Waals surface area contributed by atoms with Crippen LogP contribution in [0.5, 0.6) is 0 Å². The second kappa shape index (κ2) is 8.88. The molecule has 1 aliphatic carbocycles. The number of carbonyl (C=O) groups is 1. The molecule has 132 valence electrons. The third-order valence-electron chi connectivity index (χ3n) is 5.15. The quantitative estimate of drug-likeness (QED) is 0.827. The van der Waals surface area contributed by atoms with Crippen LogP contribution in [0.25, 0.3) is 0 Å². The highest BCUT2D eigenvalue weighted by molar-refractivity contribution is 7.99. The Morgan fingerprint density at radius 2 is 2.08 bits per heavy atom. The second-order valence-corrected chi connectivity index (χ2v) is 8.13. The topological polar surface area (TPSA) is 64.4 Å². The van der Waals surface area contributed by atoms with Crippen LogP contribution in [0.4, 0.5) is 5.69 Å². The number of rotatable bonds is 6. The number of anilines is 1. The molecule has 1 aromatic carbocycles. The van der Waals surface area contributed by atoms with Crippen molar-refractivity contribution in [3.8, 4) is 0 Å². The molecule has 3 N–H and O–H groups in total. The van der Waals surface area contributed by atoms with E-state index in [-0.39, 0.29) is 11.8 Å². The summed E-state index contributed by atoms with van der Waals surface area (Å²) < 4.78 is 5.41. The minimum Gasteiger partial charge on any atom is -0.381 e. The van der Waals surface area contributed by atoms with Crippen LogP contribution in [0.15, 0.2) is 24.3 Å². The first-order valence-electron chi connectivity index (χ1n) is 9.05. The maximum atomic E-state index is 12.5. The highest BCUT2D eigenvalue weighted by Gasteiger charge is 2.31. The Bertz CT molecular complexity index is 546. The van der Waals surface area contributed by atoms with E-state index in [1.165, 1.54) is 5.56 Å². The van der Waals surface area contributed by atoms with E-state index in [2.05, 4.69) is 17.4 Å². The molecule has 2 aliphatic rings. The Hall–Kier alpha value is -1.04. The molecule has 0 unspecified atom stereocenters. The Morgan fingerprint density at radius 1 is 1.25 bits per heavy atom. The van der Waals surface area contributed by atoms with Crippen molar-refractivity contribution in [2.24, 2.45) is 17.6 Å². The minimum atomic E-state index is 0.0790. The molecule has 3 rings (SSSR count). The van der Waals surface area contributed by atoms with E-state index in [1.54, 1.807) is 0 Å². The molecule has 0 radical (unpaired) electrons. The highest BCUT2D eigenvalue weighted by atomic mass is 32.2. The molecular formula is C19H28N2O2S. The van der Waals surface area contributed by atoms with E-state index < -0.39 is 0 Å². The fourth-order valence-corrected chi connectivity index (χ4v) is 4.83. The highest BCUT2D eigenvalue weighted by Crippen LogP contribution is 2.32. The summed E-state index contributed by atoms with van der Waals surface area (Å²) in [5.41, 5.74) is 7.98. The van der Waals surface area contributed by atoms with Crippen LogP contribution in [0.2, 0.25) is 0 Å². The van der Waals surface area contributed by atoms with E-state index >= 15 is 0 Å². The molecule has 24 heavy (non-hydrogen) atoms. The summed E-state index contributed by atoms with van der Waals surface area (Å²) in [5.74, 6) is 1.55. The SMILES string of the molecule is NC[C@H]1CCC[C@H]1C(=O)Nc1cccc(CSC2CCOCC2)c1. The van der Waals surface area contributed by atoms with Crippen LogP contribution in [0.1, 0.15) is 37.7 Å². The van der Waals surface area contributed by atoms with Gasteiger partial charge in [-0.05, 0) is 55.8 Å². The molecule has 2 atom stereocenters. The molecule has 5 heteroatoms. The van der Waals surface area contributed by atoms with Crippen molar-refractivity contribution in [3.05, 3.63) is 29.8 Å². The molecule has 0 bridgehead atoms. The van der Waals surface area contributed by atoms with Gasteiger partial charge in [0.05, 0.1) is 0 Å². The van der Waals surface area contributed by atoms with Crippen LogP contribution in [-0.2, 0) is 15.3 Å². The summed E-state index contributed by atoms with van der Waals surface area (Å²) in [5, 5.41) is 3.80. The number of ether oxygens (including phenoxy) is 1. The lowest BCUT2D eigenvalue weighted by atomic mass is 9.95. The molecule has 4 nitrogen and oxygen atoms in total. The van der Waals surface area contributed by atoms with Crippen molar-refractivity contribution in [1.82, 2.24) is 0 Å². The molecule has 1 aliphatic heterocycles. The molecule has 1 heterocycles. The van der Waals surface area contributed by atoms with Gasteiger partial charge in [-0.2, -0.15) is 11.8 Å². The van der Waals surface area contributed by atoms with Crippen LogP contribution in [0, 0.1) is 11.8 Å². The van der Waals surface area contributed by atoms with Crippen molar-refractivity contribution < 1.29 is 9.53 Å². The van der Waals surface area contributed by atoms with Gasteiger partial charge in [-0.3, -0.25) is 4.79 Å². The summed E-state index contributed by atoms with van der Waals surface area (Å²) in [6.07, 6.45) is 5.44. The van der Waals surface area contributed by atoms with Crippen molar-refractivity contribution in [2.45, 2.75) is 43.1 Å². The summed E-state index contributed by atoms with van der Waals surface area (Å²) >= 11 is 2.00. The zero-order chi connectivity index (χ0) is 16.8. The lowest BCUT2D eigenvalue weighted by Gasteiger charge is -2.21. The van der Waals surface area contributed by atoms with Gasteiger partial charge in [0.2, 0.25) is 5.91 Å². The van der Waals surface area contributed by atoms with E-state index in [0.717, 1.165) is 56.8 Å². The Labute approximate surface area is 148 Å². The average molecular weight is 349 g/mol. The minimum absolute atomic E-state index is 0.0790. The van der Waals surface area contributed by atoms with Gasteiger partial charge >= 0.3 is 0 Å². The fourth-order valence-electron chi connectivity index (χ4n) is 3.69. The van der Waals surface area contributed by atoms with Gasteiger partial charge in [0.15, 0.2) is 0 Å². The van der Waals surface area contributed by atoms with Gasteiger partial charge in [-0.15, -0.1) is 0 Å². The molecular weight excluding hydrogens is 320 g/mol. The number of nitrogens with one attached hydrogen (secondary N) is 1. The standard InChI is InChI=1S/C19H28N2O2S/c20-12-15-4-2-6-18(15)19(22)21-16-5-1-3-14(11-16)13-24-17-7-9-23-10-8-17/h1,3,5,11,15,17-18H,2,4,6-10,12-13,20H2,(H,21,22)/t15-,18-/m1/s1. The van der Waals surface area contributed by atoms with E-state index in [1.807, 2.05) is 23.9 Å². The summed E-state index contributed by atoms with van der Waals surface area (Å²) in [4.78, 5) is 12.5. The third kappa shape index (κ3) is 4.74. The van der Waals surface area contributed by atoms with Crippen LogP contribution in [0.3, 0.4) is 0 Å². The first-order chi connectivity index (χ1) is 11.8.